The molecule has 164 valence electrons. The molecule has 3 aromatic rings. The van der Waals surface area contributed by atoms with Gasteiger partial charge in [0, 0.05) is 11.4 Å². The predicted octanol–water partition coefficient (Wildman–Crippen LogP) is 3.41. The monoisotopic (exact) mass is 442 g/mol. The molecule has 4 rings (SSSR count). The normalized spacial score (nSPS) is 15.5. The van der Waals surface area contributed by atoms with E-state index >= 15 is 0 Å². The summed E-state index contributed by atoms with van der Waals surface area (Å²) in [6, 6.07) is 5.55. The number of ether oxygens (including phenoxy) is 2. The average molecular weight is 443 g/mol. The van der Waals surface area contributed by atoms with E-state index in [9.17, 15) is 14.7 Å². The number of aromatic amines is 1. The van der Waals surface area contributed by atoms with Crippen LogP contribution in [0, 0.1) is 5.92 Å². The molecule has 0 saturated heterocycles. The molecule has 0 bridgehead atoms. The first-order chi connectivity index (χ1) is 14.9. The molecule has 0 radical (unpaired) electrons. The Hall–Kier alpha value is -3.00. The van der Waals surface area contributed by atoms with Crippen molar-refractivity contribution in [2.24, 2.45) is 5.92 Å². The number of nitrogens with one attached hydrogen (secondary N) is 2. The lowest BCUT2D eigenvalue weighted by Gasteiger charge is -2.18. The topological polar surface area (TPSA) is 101 Å². The van der Waals surface area contributed by atoms with Gasteiger partial charge < -0.3 is 24.9 Å². The molecule has 2 heterocycles. The summed E-state index contributed by atoms with van der Waals surface area (Å²) in [5.41, 5.74) is 1.22. The lowest BCUT2D eigenvalue weighted by atomic mass is 9.89. The minimum atomic E-state index is -0.578. The zero-order valence-electron chi connectivity index (χ0n) is 17.8. The maximum Gasteiger partial charge on any atom is 0.265 e. The second kappa shape index (κ2) is 8.63. The highest BCUT2D eigenvalue weighted by atomic mass is 32.1. The minimum Gasteiger partial charge on any atom is -0.506 e. The van der Waals surface area contributed by atoms with Crippen LogP contribution in [0.5, 0.6) is 17.2 Å². The molecule has 1 amide bonds. The number of fused-ring (bicyclic) bond motifs is 3. The molecule has 31 heavy (non-hydrogen) atoms. The average Bonchev–Trinajstić information content (AvgIpc) is 3.10. The Balaban J connectivity index is 1.53. The molecule has 7 nitrogen and oxygen atoms in total. The number of carbonyl (C=O) groups excluding carboxylic acids is 1. The van der Waals surface area contributed by atoms with Crippen molar-refractivity contribution in [1.82, 2.24) is 10.3 Å². The van der Waals surface area contributed by atoms with Gasteiger partial charge in [-0.3, -0.25) is 9.59 Å². The summed E-state index contributed by atoms with van der Waals surface area (Å²) in [5, 5.41) is 14.2. The Bertz CT molecular complexity index is 1200. The molecule has 2 aromatic heterocycles. The first kappa shape index (κ1) is 21.2. The first-order valence-corrected chi connectivity index (χ1v) is 11.1. The third-order valence-electron chi connectivity index (χ3n) is 5.81. The van der Waals surface area contributed by atoms with Gasteiger partial charge in [0.25, 0.3) is 11.5 Å². The number of hydrogen-bond donors (Lipinski definition) is 3. The fourth-order valence-electron chi connectivity index (χ4n) is 4.14. The second-order valence-electron chi connectivity index (χ2n) is 7.93. The summed E-state index contributed by atoms with van der Waals surface area (Å²) in [4.78, 5) is 29.9. The van der Waals surface area contributed by atoms with Gasteiger partial charge in [0.15, 0.2) is 11.5 Å². The SMILES string of the molecule is COc1ccc(CCNC(=O)c2c(O)c3c4c(sc3[nH]c2=O)C[C@H](C)CC4)cc1OC. The van der Waals surface area contributed by atoms with Crippen LogP contribution >= 0.6 is 11.3 Å². The van der Waals surface area contributed by atoms with E-state index in [2.05, 4.69) is 17.2 Å². The molecular formula is C23H26N2O5S. The fraction of sp³-hybridized carbons (Fsp3) is 0.391. The number of H-pyrrole nitrogens is 1. The van der Waals surface area contributed by atoms with Crippen LogP contribution in [0.1, 0.15) is 39.7 Å². The Labute approximate surface area is 184 Å². The lowest BCUT2D eigenvalue weighted by molar-refractivity contribution is 0.0950. The Morgan fingerprint density at radius 3 is 2.81 bits per heavy atom. The number of hydrogen-bond acceptors (Lipinski definition) is 6. The van der Waals surface area contributed by atoms with Crippen molar-refractivity contribution in [2.45, 2.75) is 32.6 Å². The van der Waals surface area contributed by atoms with Crippen LogP contribution in [0.4, 0.5) is 0 Å². The molecule has 1 aromatic carbocycles. The largest absolute Gasteiger partial charge is 0.506 e. The number of pyridine rings is 1. The molecule has 0 saturated carbocycles. The van der Waals surface area contributed by atoms with Gasteiger partial charge in [-0.25, -0.2) is 0 Å². The zero-order valence-corrected chi connectivity index (χ0v) is 18.6. The molecule has 3 N–H and O–H groups in total. The molecule has 0 aliphatic heterocycles. The number of benzene rings is 1. The second-order valence-corrected chi connectivity index (χ2v) is 9.03. The van der Waals surface area contributed by atoms with Crippen LogP contribution in [0.25, 0.3) is 10.2 Å². The van der Waals surface area contributed by atoms with Crippen LogP contribution in [0.15, 0.2) is 23.0 Å². The molecule has 0 unspecified atom stereocenters. The van der Waals surface area contributed by atoms with Crippen molar-refractivity contribution in [1.29, 1.82) is 0 Å². The summed E-state index contributed by atoms with van der Waals surface area (Å²) in [6.07, 6.45) is 3.35. The van der Waals surface area contributed by atoms with Gasteiger partial charge in [0.2, 0.25) is 0 Å². The summed E-state index contributed by atoms with van der Waals surface area (Å²) in [5.74, 6) is 1.03. The lowest BCUT2D eigenvalue weighted by Crippen LogP contribution is -2.31. The minimum absolute atomic E-state index is 0.214. The zero-order chi connectivity index (χ0) is 22.1. The van der Waals surface area contributed by atoms with Gasteiger partial charge >= 0.3 is 0 Å². The number of aromatic nitrogens is 1. The fourth-order valence-corrected chi connectivity index (χ4v) is 5.55. The molecule has 1 atom stereocenters. The quantitative estimate of drug-likeness (QED) is 0.543. The van der Waals surface area contributed by atoms with E-state index in [0.29, 0.717) is 40.6 Å². The van der Waals surface area contributed by atoms with Crippen molar-refractivity contribution >= 4 is 27.5 Å². The third-order valence-corrected chi connectivity index (χ3v) is 6.98. The van der Waals surface area contributed by atoms with Gasteiger partial charge in [-0.1, -0.05) is 13.0 Å². The van der Waals surface area contributed by atoms with E-state index in [1.807, 2.05) is 12.1 Å². The van der Waals surface area contributed by atoms with Gasteiger partial charge in [0.05, 0.1) is 19.6 Å². The number of rotatable bonds is 6. The van der Waals surface area contributed by atoms with E-state index in [4.69, 9.17) is 9.47 Å². The Morgan fingerprint density at radius 1 is 1.29 bits per heavy atom. The van der Waals surface area contributed by atoms with E-state index in [1.165, 1.54) is 16.2 Å². The van der Waals surface area contributed by atoms with Crippen molar-refractivity contribution in [3.05, 3.63) is 50.1 Å². The van der Waals surface area contributed by atoms with Crippen molar-refractivity contribution in [3.8, 4) is 17.2 Å². The molecular weight excluding hydrogens is 416 g/mol. The van der Waals surface area contributed by atoms with Crippen LogP contribution in [-0.2, 0) is 19.3 Å². The van der Waals surface area contributed by atoms with E-state index < -0.39 is 11.5 Å². The molecule has 8 heteroatoms. The van der Waals surface area contributed by atoms with Crippen molar-refractivity contribution < 1.29 is 19.4 Å². The number of amides is 1. The van der Waals surface area contributed by atoms with Gasteiger partial charge in [-0.2, -0.15) is 0 Å². The molecule has 0 spiro atoms. The Kier molecular flexibility index (Phi) is 5.91. The highest BCUT2D eigenvalue weighted by molar-refractivity contribution is 7.18. The van der Waals surface area contributed by atoms with E-state index in [0.717, 1.165) is 30.4 Å². The summed E-state index contributed by atoms with van der Waals surface area (Å²) >= 11 is 1.50. The molecule has 1 aliphatic carbocycles. The number of thiophene rings is 1. The van der Waals surface area contributed by atoms with Gasteiger partial charge in [-0.15, -0.1) is 11.3 Å². The van der Waals surface area contributed by atoms with E-state index in [-0.39, 0.29) is 11.3 Å². The first-order valence-electron chi connectivity index (χ1n) is 10.3. The van der Waals surface area contributed by atoms with Crippen LogP contribution < -0.4 is 20.3 Å². The van der Waals surface area contributed by atoms with Crippen LogP contribution in [0.3, 0.4) is 0 Å². The number of methoxy groups -OCH3 is 2. The highest BCUT2D eigenvalue weighted by Gasteiger charge is 2.26. The maximum absolute atomic E-state index is 12.8. The van der Waals surface area contributed by atoms with Crippen LogP contribution in [-0.4, -0.2) is 36.8 Å². The molecule has 1 aliphatic rings. The summed E-state index contributed by atoms with van der Waals surface area (Å²) < 4.78 is 10.5. The van der Waals surface area contributed by atoms with Crippen LogP contribution in [0.2, 0.25) is 0 Å². The molecule has 0 fully saturated rings. The van der Waals surface area contributed by atoms with Crippen molar-refractivity contribution in [3.63, 3.8) is 0 Å². The van der Waals surface area contributed by atoms with Gasteiger partial charge in [0.1, 0.15) is 16.1 Å². The van der Waals surface area contributed by atoms with Gasteiger partial charge in [-0.05, 0) is 54.9 Å². The predicted molar refractivity (Wildman–Crippen MR) is 121 cm³/mol. The van der Waals surface area contributed by atoms with Crippen molar-refractivity contribution in [2.75, 3.05) is 20.8 Å². The number of aromatic hydroxyl groups is 1. The summed E-state index contributed by atoms with van der Waals surface area (Å²) in [7, 11) is 3.14. The highest BCUT2D eigenvalue weighted by Crippen LogP contribution is 2.41. The summed E-state index contributed by atoms with van der Waals surface area (Å²) in [6.45, 7) is 2.51. The number of carbonyl (C=O) groups is 1. The third kappa shape index (κ3) is 3.99. The number of aryl methyl sites for hydroxylation is 1. The smallest absolute Gasteiger partial charge is 0.265 e. The maximum atomic E-state index is 12.8. The Morgan fingerprint density at radius 2 is 2.06 bits per heavy atom. The standard InChI is InChI=1S/C23H26N2O5S/c1-12-4-6-14-17(10-12)31-23-18(14)20(26)19(22(28)25-23)21(27)24-9-8-13-5-7-15(29-2)16(11-13)30-3/h5,7,11-12H,4,6,8-10H2,1-3H3,(H,24,27)(H2,25,26,28)/t12-/m1/s1. The van der Waals surface area contributed by atoms with E-state index in [1.54, 1.807) is 20.3 Å².